The number of hydrogen-bond acceptors (Lipinski definition) is 1. The summed E-state index contributed by atoms with van der Waals surface area (Å²) in [4.78, 5) is 0. The molecule has 0 fully saturated rings. The number of benzene rings is 1. The third kappa shape index (κ3) is 1.85. The number of alkyl halides is 1. The SMILES string of the molecule is Clc1ccc2c(c1)NC(Cl)C(Br)=C2. The fraction of sp³-hybridized carbons (Fsp3) is 0.111. The van der Waals surface area contributed by atoms with Crippen molar-refractivity contribution in [3.05, 3.63) is 33.3 Å². The van der Waals surface area contributed by atoms with Crippen LogP contribution in [0.4, 0.5) is 5.69 Å². The van der Waals surface area contributed by atoms with Gasteiger partial charge in [-0.1, -0.05) is 45.2 Å². The molecule has 68 valence electrons. The molecule has 1 aromatic rings. The number of hydrogen-bond donors (Lipinski definition) is 1. The van der Waals surface area contributed by atoms with Crippen molar-refractivity contribution in [1.82, 2.24) is 0 Å². The second-order valence-corrected chi connectivity index (χ2v) is 4.56. The van der Waals surface area contributed by atoms with Crippen LogP contribution < -0.4 is 5.32 Å². The van der Waals surface area contributed by atoms with Gasteiger partial charge in [-0.2, -0.15) is 0 Å². The highest BCUT2D eigenvalue weighted by Gasteiger charge is 2.15. The minimum atomic E-state index is -0.203. The van der Waals surface area contributed by atoms with Crippen LogP contribution in [0.15, 0.2) is 22.7 Å². The Balaban J connectivity index is 2.50. The van der Waals surface area contributed by atoms with Gasteiger partial charge in [0, 0.05) is 15.2 Å². The molecule has 1 nitrogen and oxygen atoms in total. The lowest BCUT2D eigenvalue weighted by molar-refractivity contribution is 1.20. The molecule has 0 radical (unpaired) electrons. The van der Waals surface area contributed by atoms with Gasteiger partial charge in [-0.05, 0) is 23.8 Å². The number of fused-ring (bicyclic) bond motifs is 1. The van der Waals surface area contributed by atoms with E-state index in [1.54, 1.807) is 0 Å². The topological polar surface area (TPSA) is 12.0 Å². The van der Waals surface area contributed by atoms with Crippen LogP contribution in [0, 0.1) is 0 Å². The van der Waals surface area contributed by atoms with Crippen molar-refractivity contribution in [1.29, 1.82) is 0 Å². The highest BCUT2D eigenvalue weighted by molar-refractivity contribution is 9.12. The summed E-state index contributed by atoms with van der Waals surface area (Å²) in [6.07, 6.45) is 1.99. The predicted molar refractivity (Wildman–Crippen MR) is 61.6 cm³/mol. The van der Waals surface area contributed by atoms with Gasteiger partial charge in [-0.15, -0.1) is 0 Å². The van der Waals surface area contributed by atoms with Gasteiger partial charge < -0.3 is 5.32 Å². The van der Waals surface area contributed by atoms with Crippen molar-refractivity contribution in [2.75, 3.05) is 5.32 Å². The van der Waals surface area contributed by atoms with E-state index in [1.807, 2.05) is 24.3 Å². The van der Waals surface area contributed by atoms with Crippen LogP contribution in [0.1, 0.15) is 5.56 Å². The highest BCUT2D eigenvalue weighted by Crippen LogP contribution is 2.32. The smallest absolute Gasteiger partial charge is 0.134 e. The molecule has 0 aromatic heterocycles. The molecule has 0 aliphatic carbocycles. The first-order chi connectivity index (χ1) is 6.16. The van der Waals surface area contributed by atoms with Gasteiger partial charge in [-0.3, -0.25) is 0 Å². The monoisotopic (exact) mass is 277 g/mol. The standard InChI is InChI=1S/C9H6BrCl2N/c10-7-3-5-1-2-6(11)4-8(5)13-9(7)12/h1-4,9,13H. The Morgan fingerprint density at radius 1 is 1.38 bits per heavy atom. The molecule has 4 heteroatoms. The maximum Gasteiger partial charge on any atom is 0.134 e. The molecule has 0 saturated carbocycles. The molecule has 1 unspecified atom stereocenters. The van der Waals surface area contributed by atoms with E-state index in [9.17, 15) is 0 Å². The molecule has 0 saturated heterocycles. The zero-order valence-corrected chi connectivity index (χ0v) is 9.62. The van der Waals surface area contributed by atoms with Crippen molar-refractivity contribution in [2.24, 2.45) is 0 Å². The molecule has 0 spiro atoms. The minimum Gasteiger partial charge on any atom is -0.365 e. The van der Waals surface area contributed by atoms with Gasteiger partial charge in [0.25, 0.3) is 0 Å². The first-order valence-corrected chi connectivity index (χ1v) is 5.35. The molecule has 2 rings (SSSR count). The number of anilines is 1. The molecule has 0 amide bonds. The molecule has 0 bridgehead atoms. The van der Waals surface area contributed by atoms with E-state index in [0.29, 0.717) is 5.02 Å². The van der Waals surface area contributed by atoms with E-state index in [4.69, 9.17) is 23.2 Å². The summed E-state index contributed by atoms with van der Waals surface area (Å²) < 4.78 is 0.934. The van der Waals surface area contributed by atoms with Gasteiger partial charge >= 0.3 is 0 Å². The lowest BCUT2D eigenvalue weighted by Gasteiger charge is -2.20. The average molecular weight is 279 g/mol. The fourth-order valence-corrected chi connectivity index (χ4v) is 1.92. The van der Waals surface area contributed by atoms with E-state index in [-0.39, 0.29) is 5.50 Å². The van der Waals surface area contributed by atoms with E-state index in [1.165, 1.54) is 0 Å². The largest absolute Gasteiger partial charge is 0.365 e. The molecule has 1 aromatic carbocycles. The molecular weight excluding hydrogens is 273 g/mol. The van der Waals surface area contributed by atoms with Crippen molar-refractivity contribution < 1.29 is 0 Å². The van der Waals surface area contributed by atoms with Crippen LogP contribution >= 0.6 is 39.1 Å². The Morgan fingerprint density at radius 2 is 2.15 bits per heavy atom. The average Bonchev–Trinajstić information content (AvgIpc) is 2.08. The van der Waals surface area contributed by atoms with Gasteiger partial charge in [0.15, 0.2) is 0 Å². The van der Waals surface area contributed by atoms with Crippen LogP contribution in [0.5, 0.6) is 0 Å². The molecule has 1 aliphatic heterocycles. The summed E-state index contributed by atoms with van der Waals surface area (Å²) in [5.74, 6) is 0. The second-order valence-electron chi connectivity index (χ2n) is 2.77. The number of halogens is 3. The molecular formula is C9H6BrCl2N. The van der Waals surface area contributed by atoms with Crippen LogP contribution in [0.25, 0.3) is 6.08 Å². The maximum absolute atomic E-state index is 5.98. The molecule has 1 atom stereocenters. The predicted octanol–water partition coefficient (Wildman–Crippen LogP) is 4.07. The van der Waals surface area contributed by atoms with Crippen LogP contribution in [0.2, 0.25) is 5.02 Å². The van der Waals surface area contributed by atoms with Crippen LogP contribution in [0.3, 0.4) is 0 Å². The zero-order chi connectivity index (χ0) is 9.42. The molecule has 1 heterocycles. The lowest BCUT2D eigenvalue weighted by Crippen LogP contribution is -2.16. The molecule has 1 N–H and O–H groups in total. The van der Waals surface area contributed by atoms with E-state index in [0.717, 1.165) is 15.7 Å². The van der Waals surface area contributed by atoms with Crippen molar-refractivity contribution >= 4 is 50.9 Å². The Kier molecular flexibility index (Phi) is 2.54. The number of nitrogens with one attached hydrogen (secondary N) is 1. The highest BCUT2D eigenvalue weighted by atomic mass is 79.9. The lowest BCUT2D eigenvalue weighted by atomic mass is 10.1. The second kappa shape index (κ2) is 3.52. The van der Waals surface area contributed by atoms with E-state index in [2.05, 4.69) is 21.2 Å². The van der Waals surface area contributed by atoms with Crippen LogP contribution in [-0.2, 0) is 0 Å². The maximum atomic E-state index is 5.98. The van der Waals surface area contributed by atoms with Crippen molar-refractivity contribution in [2.45, 2.75) is 5.50 Å². The molecule has 13 heavy (non-hydrogen) atoms. The zero-order valence-electron chi connectivity index (χ0n) is 6.52. The summed E-state index contributed by atoms with van der Waals surface area (Å²) in [5.41, 5.74) is 1.86. The van der Waals surface area contributed by atoms with Gasteiger partial charge in [0.05, 0.1) is 0 Å². The summed E-state index contributed by atoms with van der Waals surface area (Å²) in [6, 6.07) is 5.67. The quantitative estimate of drug-likeness (QED) is 0.557. The minimum absolute atomic E-state index is 0.203. The Bertz CT molecular complexity index is 376. The third-order valence-electron chi connectivity index (χ3n) is 1.83. The van der Waals surface area contributed by atoms with E-state index < -0.39 is 0 Å². The Labute approximate surface area is 94.9 Å². The van der Waals surface area contributed by atoms with Crippen molar-refractivity contribution in [3.8, 4) is 0 Å². The summed E-state index contributed by atoms with van der Waals surface area (Å²) in [5, 5.41) is 3.83. The van der Waals surface area contributed by atoms with E-state index >= 15 is 0 Å². The summed E-state index contributed by atoms with van der Waals surface area (Å²) in [6.45, 7) is 0. The number of rotatable bonds is 0. The first-order valence-electron chi connectivity index (χ1n) is 3.74. The Morgan fingerprint density at radius 3 is 2.92 bits per heavy atom. The van der Waals surface area contributed by atoms with Crippen LogP contribution in [-0.4, -0.2) is 5.50 Å². The first kappa shape index (κ1) is 9.38. The third-order valence-corrected chi connectivity index (χ3v) is 3.36. The Hall–Kier alpha value is -0.180. The molecule has 1 aliphatic rings. The van der Waals surface area contributed by atoms with Gasteiger partial charge in [-0.25, -0.2) is 0 Å². The van der Waals surface area contributed by atoms with Gasteiger partial charge in [0.1, 0.15) is 5.50 Å². The fourth-order valence-electron chi connectivity index (χ4n) is 1.21. The summed E-state index contributed by atoms with van der Waals surface area (Å²) in [7, 11) is 0. The van der Waals surface area contributed by atoms with Crippen molar-refractivity contribution in [3.63, 3.8) is 0 Å². The summed E-state index contributed by atoms with van der Waals surface area (Å²) >= 11 is 15.2. The van der Waals surface area contributed by atoms with Gasteiger partial charge in [0.2, 0.25) is 0 Å². The normalized spacial score (nSPS) is 20.2.